The molecule has 0 saturated carbocycles. The molecule has 0 fully saturated rings. The summed E-state index contributed by atoms with van der Waals surface area (Å²) in [4.78, 5) is 0. The van der Waals surface area contributed by atoms with Gasteiger partial charge >= 0.3 is 0 Å². The number of aryl methyl sites for hydroxylation is 2. The van der Waals surface area contributed by atoms with Crippen LogP contribution in [0.3, 0.4) is 0 Å². The summed E-state index contributed by atoms with van der Waals surface area (Å²) in [6.45, 7) is 4.24. The number of nitrogens with zero attached hydrogens (tertiary/aromatic N) is 1. The molecule has 2 rings (SSSR count). The molecule has 0 aliphatic rings. The molecule has 1 aromatic heterocycles. The van der Waals surface area contributed by atoms with Crippen molar-refractivity contribution in [2.24, 2.45) is 0 Å². The molecule has 0 aliphatic heterocycles. The van der Waals surface area contributed by atoms with Gasteiger partial charge in [-0.15, -0.1) is 0 Å². The predicted molar refractivity (Wildman–Crippen MR) is 63.3 cm³/mol. The van der Waals surface area contributed by atoms with Crippen molar-refractivity contribution < 1.29 is 14.0 Å². The van der Waals surface area contributed by atoms with Crippen molar-refractivity contribution in [2.45, 2.75) is 20.5 Å². The fourth-order valence-electron chi connectivity index (χ4n) is 1.55. The second kappa shape index (κ2) is 4.91. The molecular formula is C13H15NO3. The average molecular weight is 233 g/mol. The van der Waals surface area contributed by atoms with Gasteiger partial charge in [-0.2, -0.15) is 0 Å². The number of rotatable bonds is 4. The van der Waals surface area contributed by atoms with E-state index in [1.54, 1.807) is 7.11 Å². The van der Waals surface area contributed by atoms with E-state index in [0.717, 1.165) is 28.5 Å². The summed E-state index contributed by atoms with van der Waals surface area (Å²) in [5, 5.41) is 3.88. The maximum absolute atomic E-state index is 5.67. The van der Waals surface area contributed by atoms with E-state index in [4.69, 9.17) is 14.0 Å². The molecule has 1 aromatic carbocycles. The average Bonchev–Trinajstić information content (AvgIpc) is 2.67. The second-order valence-electron chi connectivity index (χ2n) is 3.77. The van der Waals surface area contributed by atoms with Crippen LogP contribution < -0.4 is 9.47 Å². The molecule has 4 heteroatoms. The zero-order chi connectivity index (χ0) is 12.3. The lowest BCUT2D eigenvalue weighted by Gasteiger charge is -2.07. The summed E-state index contributed by atoms with van der Waals surface area (Å²) in [6, 6.07) is 7.50. The minimum atomic E-state index is 0.453. The van der Waals surface area contributed by atoms with Gasteiger partial charge in [0.05, 0.1) is 18.4 Å². The summed E-state index contributed by atoms with van der Waals surface area (Å²) in [5.74, 6) is 2.34. The van der Waals surface area contributed by atoms with Gasteiger partial charge < -0.3 is 14.0 Å². The minimum Gasteiger partial charge on any atom is -0.497 e. The van der Waals surface area contributed by atoms with Crippen LogP contribution in [0.25, 0.3) is 0 Å². The van der Waals surface area contributed by atoms with Gasteiger partial charge in [0.15, 0.2) is 0 Å². The van der Waals surface area contributed by atoms with E-state index in [1.165, 1.54) is 0 Å². The third-order valence-electron chi connectivity index (χ3n) is 2.61. The molecule has 1 heterocycles. The molecule has 0 atom stereocenters. The van der Waals surface area contributed by atoms with Crippen molar-refractivity contribution in [3.05, 3.63) is 41.3 Å². The molecule has 0 radical (unpaired) electrons. The first kappa shape index (κ1) is 11.5. The zero-order valence-electron chi connectivity index (χ0n) is 10.2. The van der Waals surface area contributed by atoms with Crippen molar-refractivity contribution >= 4 is 0 Å². The quantitative estimate of drug-likeness (QED) is 0.814. The molecule has 4 nitrogen and oxygen atoms in total. The Morgan fingerprint density at radius 3 is 2.65 bits per heavy atom. The molecule has 0 bridgehead atoms. The van der Waals surface area contributed by atoms with Crippen LogP contribution in [0, 0.1) is 13.8 Å². The largest absolute Gasteiger partial charge is 0.497 e. The van der Waals surface area contributed by atoms with E-state index in [9.17, 15) is 0 Å². The summed E-state index contributed by atoms with van der Waals surface area (Å²) in [5.41, 5.74) is 1.86. The van der Waals surface area contributed by atoms with E-state index in [1.807, 2.05) is 38.1 Å². The van der Waals surface area contributed by atoms with Crippen LogP contribution in [0.1, 0.15) is 17.0 Å². The summed E-state index contributed by atoms with van der Waals surface area (Å²) < 4.78 is 15.9. The molecule has 0 amide bonds. The zero-order valence-corrected chi connectivity index (χ0v) is 10.2. The first-order valence-corrected chi connectivity index (χ1v) is 5.39. The van der Waals surface area contributed by atoms with E-state index in [2.05, 4.69) is 5.16 Å². The van der Waals surface area contributed by atoms with E-state index in [-0.39, 0.29) is 0 Å². The van der Waals surface area contributed by atoms with Crippen molar-refractivity contribution in [3.8, 4) is 11.5 Å². The van der Waals surface area contributed by atoms with Crippen molar-refractivity contribution in [1.82, 2.24) is 5.16 Å². The number of hydrogen-bond donors (Lipinski definition) is 0. The smallest absolute Gasteiger partial charge is 0.140 e. The number of ether oxygens (including phenoxy) is 2. The fourth-order valence-corrected chi connectivity index (χ4v) is 1.55. The van der Waals surface area contributed by atoms with Crippen LogP contribution in [0.5, 0.6) is 11.5 Å². The first-order chi connectivity index (χ1) is 8.20. The predicted octanol–water partition coefficient (Wildman–Crippen LogP) is 2.88. The van der Waals surface area contributed by atoms with Gasteiger partial charge in [0, 0.05) is 6.07 Å². The van der Waals surface area contributed by atoms with E-state index in [0.29, 0.717) is 6.61 Å². The third kappa shape index (κ3) is 2.58. The summed E-state index contributed by atoms with van der Waals surface area (Å²) in [7, 11) is 1.63. The molecule has 0 aliphatic carbocycles. The normalized spacial score (nSPS) is 10.3. The van der Waals surface area contributed by atoms with Crippen LogP contribution in [-0.4, -0.2) is 12.3 Å². The van der Waals surface area contributed by atoms with Gasteiger partial charge in [0.25, 0.3) is 0 Å². The topological polar surface area (TPSA) is 44.5 Å². The Morgan fingerprint density at radius 2 is 2.00 bits per heavy atom. The lowest BCUT2D eigenvalue weighted by molar-refractivity contribution is 0.299. The maximum Gasteiger partial charge on any atom is 0.140 e. The molecule has 0 spiro atoms. The summed E-state index contributed by atoms with van der Waals surface area (Å²) in [6.07, 6.45) is 0. The molecule has 90 valence electrons. The maximum atomic E-state index is 5.67. The molecular weight excluding hydrogens is 218 g/mol. The van der Waals surface area contributed by atoms with Gasteiger partial charge in [-0.05, 0) is 26.0 Å². The van der Waals surface area contributed by atoms with Crippen LogP contribution in [0.4, 0.5) is 0 Å². The van der Waals surface area contributed by atoms with Crippen molar-refractivity contribution in [2.75, 3.05) is 7.11 Å². The highest BCUT2D eigenvalue weighted by atomic mass is 16.5. The Kier molecular flexibility index (Phi) is 3.32. The van der Waals surface area contributed by atoms with Gasteiger partial charge in [0.2, 0.25) is 0 Å². The highest BCUT2D eigenvalue weighted by molar-refractivity contribution is 5.33. The van der Waals surface area contributed by atoms with Crippen molar-refractivity contribution in [3.63, 3.8) is 0 Å². The highest BCUT2D eigenvalue weighted by Crippen LogP contribution is 2.21. The Bertz CT molecular complexity index is 486. The van der Waals surface area contributed by atoms with Gasteiger partial charge in [-0.1, -0.05) is 11.2 Å². The Morgan fingerprint density at radius 1 is 1.24 bits per heavy atom. The van der Waals surface area contributed by atoms with Crippen molar-refractivity contribution in [1.29, 1.82) is 0 Å². The lowest BCUT2D eigenvalue weighted by atomic mass is 10.2. The Hall–Kier alpha value is -1.97. The molecule has 0 saturated heterocycles. The minimum absolute atomic E-state index is 0.453. The number of benzene rings is 1. The third-order valence-corrected chi connectivity index (χ3v) is 2.61. The first-order valence-electron chi connectivity index (χ1n) is 5.39. The van der Waals surface area contributed by atoms with E-state index < -0.39 is 0 Å². The fraction of sp³-hybridized carbons (Fsp3) is 0.308. The van der Waals surface area contributed by atoms with Crippen LogP contribution in [-0.2, 0) is 6.61 Å². The number of hydrogen-bond acceptors (Lipinski definition) is 4. The molecule has 17 heavy (non-hydrogen) atoms. The number of methoxy groups -OCH3 is 1. The molecule has 2 aromatic rings. The van der Waals surface area contributed by atoms with Gasteiger partial charge in [-0.3, -0.25) is 0 Å². The van der Waals surface area contributed by atoms with Crippen LogP contribution in [0.2, 0.25) is 0 Å². The summed E-state index contributed by atoms with van der Waals surface area (Å²) >= 11 is 0. The van der Waals surface area contributed by atoms with Crippen LogP contribution in [0.15, 0.2) is 28.8 Å². The molecule has 0 unspecified atom stereocenters. The standard InChI is InChI=1S/C13H15NO3/c1-9-13(10(2)17-14-9)8-16-12-6-4-5-11(7-12)15-3/h4-7H,8H2,1-3H3. The second-order valence-corrected chi connectivity index (χ2v) is 3.77. The van der Waals surface area contributed by atoms with Crippen LogP contribution >= 0.6 is 0 Å². The molecule has 0 N–H and O–H groups in total. The Balaban J connectivity index is 2.07. The lowest BCUT2D eigenvalue weighted by Crippen LogP contribution is -1.98. The van der Waals surface area contributed by atoms with Gasteiger partial charge in [-0.25, -0.2) is 0 Å². The van der Waals surface area contributed by atoms with E-state index >= 15 is 0 Å². The number of aromatic nitrogens is 1. The monoisotopic (exact) mass is 233 g/mol. The Labute approximate surface area is 100 Å². The SMILES string of the molecule is COc1cccc(OCc2c(C)noc2C)c1. The van der Waals surface area contributed by atoms with Gasteiger partial charge in [0.1, 0.15) is 23.9 Å². The highest BCUT2D eigenvalue weighted by Gasteiger charge is 2.09.